The number of allylic oxidation sites excluding steroid dienone is 4. The lowest BCUT2D eigenvalue weighted by atomic mass is 9.82. The Morgan fingerprint density at radius 3 is 1.16 bits per heavy atom. The molecule has 14 atom stereocenters. The van der Waals surface area contributed by atoms with Gasteiger partial charge in [0.25, 0.3) is 0 Å². The van der Waals surface area contributed by atoms with Gasteiger partial charge in [-0.25, -0.2) is 35.2 Å². The number of sulfonamides is 2. The summed E-state index contributed by atoms with van der Waals surface area (Å²) >= 11 is 0. The van der Waals surface area contributed by atoms with E-state index in [0.29, 0.717) is 38.5 Å². The topological polar surface area (TPSA) is 306 Å². The number of carbonyl (C=O) groups excluding carboxylic acids is 10. The van der Waals surface area contributed by atoms with Crippen LogP contribution < -0.4 is 9.44 Å². The summed E-state index contributed by atoms with van der Waals surface area (Å²) in [7, 11) is -8.86. The first-order valence-electron chi connectivity index (χ1n) is 37.5. The van der Waals surface area contributed by atoms with E-state index in [1.54, 1.807) is 53.7 Å². The van der Waals surface area contributed by atoms with E-state index in [0.717, 1.165) is 36.4 Å². The molecule has 4 aliphatic carbocycles. The van der Waals surface area contributed by atoms with Crippen molar-refractivity contribution in [3.63, 3.8) is 0 Å². The van der Waals surface area contributed by atoms with Crippen LogP contribution in [0.1, 0.15) is 217 Å². The van der Waals surface area contributed by atoms with Crippen molar-refractivity contribution in [2.75, 3.05) is 26.4 Å². The average molecular weight is 1600 g/mol. The van der Waals surface area contributed by atoms with Crippen molar-refractivity contribution in [3.05, 3.63) is 95.1 Å². The number of amides is 4. The second-order valence-electron chi connectivity index (χ2n) is 33.8. The van der Waals surface area contributed by atoms with Gasteiger partial charge in [-0.3, -0.25) is 47.8 Å². The molecule has 0 unspecified atom stereocenters. The number of nitrogens with zero attached hydrogens (tertiary/aromatic N) is 2. The number of benzene rings is 2. The molecule has 110 heavy (non-hydrogen) atoms. The maximum absolute atomic E-state index is 14.6. The summed E-state index contributed by atoms with van der Waals surface area (Å²) < 4.78 is 186. The Kier molecular flexibility index (Phi) is 25.8. The van der Waals surface area contributed by atoms with E-state index in [4.69, 9.17) is 18.9 Å². The molecule has 2 aromatic carbocycles. The molecule has 4 saturated carbocycles. The third-order valence-electron chi connectivity index (χ3n) is 22.7. The highest BCUT2D eigenvalue weighted by Gasteiger charge is 2.66. The minimum atomic E-state index is -4.88. The van der Waals surface area contributed by atoms with E-state index in [1.165, 1.54) is 21.9 Å². The lowest BCUT2D eigenvalue weighted by Gasteiger charge is -2.32. The van der Waals surface area contributed by atoms with Crippen LogP contribution in [0.2, 0.25) is 0 Å². The number of ether oxygens (including phenoxy) is 4. The first-order chi connectivity index (χ1) is 51.0. The fourth-order valence-corrected chi connectivity index (χ4v) is 18.7. The van der Waals surface area contributed by atoms with Crippen molar-refractivity contribution in [1.29, 1.82) is 0 Å². The van der Waals surface area contributed by atoms with Crippen LogP contribution in [-0.2, 0) is 89.7 Å². The predicted octanol–water partition coefficient (Wildman–Crippen LogP) is 12.2. The molecule has 2 aromatic rings. The zero-order chi connectivity index (χ0) is 81.5. The van der Waals surface area contributed by atoms with Gasteiger partial charge >= 0.3 is 36.2 Å². The summed E-state index contributed by atoms with van der Waals surface area (Å²) in [5.41, 5.74) is -8.79. The largest absolute Gasteiger partial charge is 0.460 e. The monoisotopic (exact) mass is 1600 g/mol. The molecule has 10 rings (SSSR count). The highest BCUT2D eigenvalue weighted by Crippen LogP contribution is 2.59. The standard InChI is InChI=1S/2C39H50F4N2O9S/c2*1-23-10-6-7-11-25-19-38(25,35(50)44-55(51,52)37(22-40)14-15-37)20-31(46)30-17-26(53-34(49)27-12-8-9-13-29(27)39(41,42)43)21-45(30)33(48)28(24(2)16-23)18-32(47)54-36(3,4)5/h2*7-9,11-13,23-26,28,30H,6,10,14-22H2,1-5H3,(H,44,50)/b2*11-7-/t23-,24+,25+,26+,28-,30-,38+;23-,24-,25-,26-,28+,30+,38-/m01/s1. The van der Waals surface area contributed by atoms with Crippen molar-refractivity contribution < 1.29 is 119 Å². The number of hydrogen-bond donors (Lipinski definition) is 2. The van der Waals surface area contributed by atoms with Gasteiger partial charge in [0.1, 0.15) is 46.3 Å². The van der Waals surface area contributed by atoms with Gasteiger partial charge in [0.05, 0.1) is 82.9 Å². The maximum atomic E-state index is 14.6. The number of fused-ring (bicyclic) bond motifs is 4. The van der Waals surface area contributed by atoms with Crippen LogP contribution >= 0.6 is 0 Å². The number of nitrogens with one attached hydrogen (secondary N) is 2. The summed E-state index contributed by atoms with van der Waals surface area (Å²) in [6.45, 7) is 14.5. The predicted molar refractivity (Wildman–Crippen MR) is 382 cm³/mol. The van der Waals surface area contributed by atoms with Gasteiger partial charge in [-0.2, -0.15) is 26.3 Å². The number of ketones is 2. The van der Waals surface area contributed by atoms with Gasteiger partial charge in [0.15, 0.2) is 11.6 Å². The van der Waals surface area contributed by atoms with Crippen LogP contribution in [0.4, 0.5) is 35.1 Å². The Bertz CT molecular complexity index is 3900. The van der Waals surface area contributed by atoms with Gasteiger partial charge in [0, 0.05) is 25.7 Å². The summed E-state index contributed by atoms with van der Waals surface area (Å²) in [4.78, 5) is 141. The molecule has 608 valence electrons. The normalized spacial score (nSPS) is 30.5. The number of carbonyl (C=O) groups is 10. The Balaban J connectivity index is 0.000000253. The number of halogens is 8. The molecule has 0 aromatic heterocycles. The maximum Gasteiger partial charge on any atom is 0.417 e. The lowest BCUT2D eigenvalue weighted by molar-refractivity contribution is -0.160. The van der Waals surface area contributed by atoms with Gasteiger partial charge < -0.3 is 28.7 Å². The highest BCUT2D eigenvalue weighted by molar-refractivity contribution is 7.92. The summed E-state index contributed by atoms with van der Waals surface area (Å²) in [5.74, 6) is -12.2. The summed E-state index contributed by atoms with van der Waals surface area (Å²) in [5, 5.41) is 0. The molecule has 22 nitrogen and oxygen atoms in total. The van der Waals surface area contributed by atoms with E-state index in [2.05, 4.69) is 0 Å². The number of Topliss-reactive ketones (excluding diaryl/α,β-unsaturated/α-hetero) is 2. The fraction of sp³-hybridized carbons (Fsp3) is 0.667. The molecule has 4 heterocycles. The minimum Gasteiger partial charge on any atom is -0.460 e. The van der Waals surface area contributed by atoms with Gasteiger partial charge in [-0.1, -0.05) is 76.3 Å². The fourth-order valence-electron chi connectivity index (χ4n) is 15.9. The zero-order valence-electron chi connectivity index (χ0n) is 63.5. The lowest BCUT2D eigenvalue weighted by Crippen LogP contribution is -2.48. The van der Waals surface area contributed by atoms with E-state index in [-0.39, 0.29) is 76.0 Å². The van der Waals surface area contributed by atoms with Crippen LogP contribution in [0.3, 0.4) is 0 Å². The molecule has 4 amide bonds. The number of esters is 4. The van der Waals surface area contributed by atoms with E-state index >= 15 is 0 Å². The van der Waals surface area contributed by atoms with Crippen molar-refractivity contribution >= 4 is 79.1 Å². The van der Waals surface area contributed by atoms with Crippen LogP contribution in [0.25, 0.3) is 0 Å². The molecule has 6 fully saturated rings. The molecule has 0 spiro atoms. The van der Waals surface area contributed by atoms with E-state index in [1.807, 2.05) is 49.3 Å². The second kappa shape index (κ2) is 32.8. The summed E-state index contributed by atoms with van der Waals surface area (Å²) in [6, 6.07) is 5.42. The van der Waals surface area contributed by atoms with Gasteiger partial charge in [0.2, 0.25) is 43.7 Å². The third-order valence-corrected chi connectivity index (χ3v) is 26.9. The molecular weight excluding hydrogens is 1500 g/mol. The average Bonchev–Trinajstić information content (AvgIpc) is 1.57. The SMILES string of the molecule is C[C@@H]1CC/C=C\[C@@H]2C[C@@]2(C(=O)NS(=O)(=O)C2(CF)CC2)CC(=O)[C@@H]2C[C@@H](OC(=O)c3ccccc3C(F)(F)F)CN2C(=O)[C@@H](CC(=O)OC(C)(C)C)[C@H](C)C1.C[C@H]1CC/C=C\[C@@H]2C[C@@]2(C(=O)NS(=O)(=O)C2(CF)CC2)CC(=O)[C@@H]2C[C@@H](OC(=O)c3ccccc3C(F)(F)F)CN2C(=O)[C@@H](CC(=O)OC(C)(C)C)[C@H](C)C1. The Hall–Kier alpha value is -7.64. The van der Waals surface area contributed by atoms with Crippen LogP contribution in [0.15, 0.2) is 72.8 Å². The molecule has 32 heteroatoms. The zero-order valence-corrected chi connectivity index (χ0v) is 65.1. The van der Waals surface area contributed by atoms with Crippen molar-refractivity contribution in [2.24, 2.45) is 58.2 Å². The van der Waals surface area contributed by atoms with Gasteiger partial charge in [-0.15, -0.1) is 0 Å². The van der Waals surface area contributed by atoms with Crippen molar-refractivity contribution in [3.8, 4) is 0 Å². The van der Waals surface area contributed by atoms with Crippen molar-refractivity contribution in [2.45, 2.75) is 242 Å². The second-order valence-corrected chi connectivity index (χ2v) is 37.9. The quantitative estimate of drug-likeness (QED) is 0.0683. The minimum absolute atomic E-state index is 0.0368. The first-order valence-corrected chi connectivity index (χ1v) is 40.4. The van der Waals surface area contributed by atoms with Crippen LogP contribution in [0, 0.1) is 58.2 Å². The number of hydrogen-bond acceptors (Lipinski definition) is 18. The molecule has 2 saturated heterocycles. The molecule has 2 N–H and O–H groups in total. The smallest absolute Gasteiger partial charge is 0.417 e. The van der Waals surface area contributed by atoms with E-state index < -0.39 is 244 Å². The van der Waals surface area contributed by atoms with E-state index in [9.17, 15) is 99.9 Å². The molecule has 0 radical (unpaired) electrons. The van der Waals surface area contributed by atoms with Crippen LogP contribution in [0.5, 0.6) is 0 Å². The molecule has 4 aliphatic heterocycles. The third kappa shape index (κ3) is 20.0. The van der Waals surface area contributed by atoms with Crippen LogP contribution in [-0.4, -0.2) is 157 Å². The Labute approximate surface area is 636 Å². The molecule has 0 bridgehead atoms. The Morgan fingerprint density at radius 2 is 0.855 bits per heavy atom. The van der Waals surface area contributed by atoms with Crippen molar-refractivity contribution in [1.82, 2.24) is 19.2 Å². The highest BCUT2D eigenvalue weighted by atomic mass is 32.2. The number of rotatable bonds is 16. The molecule has 8 aliphatic rings. The summed E-state index contributed by atoms with van der Waals surface area (Å²) in [6.07, 6.45) is -3.48. The Morgan fingerprint density at radius 1 is 0.518 bits per heavy atom. The number of alkyl halides is 8. The van der Waals surface area contributed by atoms with Gasteiger partial charge in [-0.05, 0) is 178 Å². The first kappa shape index (κ1) is 86.3. The molecular formula is C78H100F8N4O18S2.